The Bertz CT molecular complexity index is 780. The lowest BCUT2D eigenvalue weighted by atomic mass is 9.84. The van der Waals surface area contributed by atoms with Gasteiger partial charge in [-0.1, -0.05) is 44.4 Å². The molecular formula is C21H28ClN3O3. The second-order valence-electron chi connectivity index (χ2n) is 8.10. The van der Waals surface area contributed by atoms with Crippen LogP contribution in [0.5, 0.6) is 0 Å². The van der Waals surface area contributed by atoms with E-state index in [1.54, 1.807) is 17.0 Å². The molecule has 1 aliphatic heterocycles. The highest BCUT2D eigenvalue weighted by Crippen LogP contribution is 2.31. The minimum Gasteiger partial charge on any atom is -0.349 e. The number of nitrogens with one attached hydrogen (secondary N) is 2. The van der Waals surface area contributed by atoms with Crippen LogP contribution in [0.25, 0.3) is 0 Å². The van der Waals surface area contributed by atoms with Gasteiger partial charge in [-0.05, 0) is 37.5 Å². The van der Waals surface area contributed by atoms with Crippen molar-refractivity contribution in [1.82, 2.24) is 10.2 Å². The molecule has 3 amide bonds. The zero-order chi connectivity index (χ0) is 20.4. The lowest BCUT2D eigenvalue weighted by Crippen LogP contribution is -2.68. The Morgan fingerprint density at radius 1 is 1.29 bits per heavy atom. The molecule has 0 aromatic heterocycles. The molecule has 3 rings (SSSR count). The predicted molar refractivity (Wildman–Crippen MR) is 109 cm³/mol. The summed E-state index contributed by atoms with van der Waals surface area (Å²) in [5, 5.41) is 6.41. The van der Waals surface area contributed by atoms with Crippen molar-refractivity contribution in [3.05, 3.63) is 28.8 Å². The molecule has 1 saturated carbocycles. The Morgan fingerprint density at radius 3 is 2.68 bits per heavy atom. The summed E-state index contributed by atoms with van der Waals surface area (Å²) < 4.78 is 0. The number of benzene rings is 1. The maximum absolute atomic E-state index is 12.9. The standard InChI is InChI=1S/C21H28ClN3O3/c1-12(2)21(28)25-17-7-5-4-6-16(17)24-20(27)18(25)11-19(26)23-14-9-8-13(3)15(22)10-14/h8-10,12,16-18H,4-7,11H2,1-3H3,(H,23,26)(H,24,27)/t16-,17+,18+/m0/s1. The molecule has 0 spiro atoms. The third-order valence-electron chi connectivity index (χ3n) is 5.64. The van der Waals surface area contributed by atoms with Gasteiger partial charge < -0.3 is 15.5 Å². The Morgan fingerprint density at radius 2 is 2.00 bits per heavy atom. The van der Waals surface area contributed by atoms with Gasteiger partial charge >= 0.3 is 0 Å². The fraction of sp³-hybridized carbons (Fsp3) is 0.571. The zero-order valence-corrected chi connectivity index (χ0v) is 17.4. The molecule has 2 fully saturated rings. The van der Waals surface area contributed by atoms with Crippen LogP contribution < -0.4 is 10.6 Å². The van der Waals surface area contributed by atoms with E-state index in [1.165, 1.54) is 0 Å². The molecule has 1 aliphatic carbocycles. The Hall–Kier alpha value is -2.08. The maximum Gasteiger partial charge on any atom is 0.243 e. The second-order valence-corrected chi connectivity index (χ2v) is 8.51. The van der Waals surface area contributed by atoms with Crippen LogP contribution in [0.4, 0.5) is 5.69 Å². The number of amides is 3. The number of anilines is 1. The van der Waals surface area contributed by atoms with Crippen molar-refractivity contribution in [3.63, 3.8) is 0 Å². The molecule has 1 aromatic carbocycles. The summed E-state index contributed by atoms with van der Waals surface area (Å²) in [6.07, 6.45) is 3.73. The summed E-state index contributed by atoms with van der Waals surface area (Å²) >= 11 is 6.12. The number of hydrogen-bond acceptors (Lipinski definition) is 3. The second kappa shape index (κ2) is 8.52. The van der Waals surface area contributed by atoms with Crippen molar-refractivity contribution >= 4 is 35.0 Å². The van der Waals surface area contributed by atoms with E-state index in [1.807, 2.05) is 26.8 Å². The summed E-state index contributed by atoms with van der Waals surface area (Å²) in [5.74, 6) is -0.844. The molecule has 3 atom stereocenters. The van der Waals surface area contributed by atoms with Crippen LogP contribution in [0.2, 0.25) is 5.02 Å². The topological polar surface area (TPSA) is 78.5 Å². The number of halogens is 1. The minimum atomic E-state index is -0.782. The largest absolute Gasteiger partial charge is 0.349 e. The number of hydrogen-bond donors (Lipinski definition) is 2. The highest BCUT2D eigenvalue weighted by Gasteiger charge is 2.46. The van der Waals surface area contributed by atoms with E-state index >= 15 is 0 Å². The molecule has 1 aromatic rings. The lowest BCUT2D eigenvalue weighted by molar-refractivity contribution is -0.154. The smallest absolute Gasteiger partial charge is 0.243 e. The van der Waals surface area contributed by atoms with Crippen molar-refractivity contribution in [2.24, 2.45) is 5.92 Å². The van der Waals surface area contributed by atoms with Crippen molar-refractivity contribution in [1.29, 1.82) is 0 Å². The van der Waals surface area contributed by atoms with Gasteiger partial charge in [-0.3, -0.25) is 14.4 Å². The Labute approximate surface area is 171 Å². The van der Waals surface area contributed by atoms with E-state index < -0.39 is 6.04 Å². The highest BCUT2D eigenvalue weighted by molar-refractivity contribution is 6.31. The Balaban J connectivity index is 1.78. The van der Waals surface area contributed by atoms with E-state index in [4.69, 9.17) is 11.6 Å². The van der Waals surface area contributed by atoms with E-state index in [2.05, 4.69) is 10.6 Å². The van der Waals surface area contributed by atoms with E-state index in [0.717, 1.165) is 31.2 Å². The summed E-state index contributed by atoms with van der Waals surface area (Å²) in [7, 11) is 0. The molecule has 0 radical (unpaired) electrons. The molecule has 2 aliphatic rings. The summed E-state index contributed by atoms with van der Waals surface area (Å²) in [5.41, 5.74) is 1.50. The lowest BCUT2D eigenvalue weighted by Gasteiger charge is -2.48. The molecule has 2 N–H and O–H groups in total. The van der Waals surface area contributed by atoms with Gasteiger partial charge in [0, 0.05) is 22.7 Å². The van der Waals surface area contributed by atoms with Crippen molar-refractivity contribution in [3.8, 4) is 0 Å². The summed E-state index contributed by atoms with van der Waals surface area (Å²) in [6, 6.07) is 4.45. The van der Waals surface area contributed by atoms with Gasteiger partial charge in [0.2, 0.25) is 17.7 Å². The van der Waals surface area contributed by atoms with Gasteiger partial charge in [-0.2, -0.15) is 0 Å². The van der Waals surface area contributed by atoms with Gasteiger partial charge in [0.25, 0.3) is 0 Å². The first-order valence-electron chi connectivity index (χ1n) is 9.96. The van der Waals surface area contributed by atoms with E-state index in [0.29, 0.717) is 10.7 Å². The molecule has 0 bridgehead atoms. The molecule has 152 valence electrons. The van der Waals surface area contributed by atoms with E-state index in [9.17, 15) is 14.4 Å². The first kappa shape index (κ1) is 20.6. The van der Waals surface area contributed by atoms with Gasteiger partial charge in [0.05, 0.1) is 12.5 Å². The summed E-state index contributed by atoms with van der Waals surface area (Å²) in [6.45, 7) is 5.55. The average molecular weight is 406 g/mol. The number of rotatable bonds is 4. The molecular weight excluding hydrogens is 378 g/mol. The van der Waals surface area contributed by atoms with Gasteiger partial charge in [-0.15, -0.1) is 0 Å². The fourth-order valence-electron chi connectivity index (χ4n) is 4.11. The number of piperazine rings is 1. The minimum absolute atomic E-state index is 0.0147. The van der Waals surface area contributed by atoms with Gasteiger partial charge in [0.1, 0.15) is 6.04 Å². The van der Waals surface area contributed by atoms with Crippen LogP contribution in [-0.2, 0) is 14.4 Å². The third kappa shape index (κ3) is 4.32. The molecule has 1 saturated heterocycles. The van der Waals surface area contributed by atoms with Crippen molar-refractivity contribution < 1.29 is 14.4 Å². The molecule has 28 heavy (non-hydrogen) atoms. The normalized spacial score (nSPS) is 24.5. The number of carbonyl (C=O) groups is 3. The van der Waals surface area contributed by atoms with Gasteiger partial charge in [-0.25, -0.2) is 0 Å². The average Bonchev–Trinajstić information content (AvgIpc) is 2.64. The van der Waals surface area contributed by atoms with Crippen LogP contribution >= 0.6 is 11.6 Å². The fourth-order valence-corrected chi connectivity index (χ4v) is 4.29. The Kier molecular flexibility index (Phi) is 6.28. The van der Waals surface area contributed by atoms with Crippen LogP contribution in [0.15, 0.2) is 18.2 Å². The molecule has 6 nitrogen and oxygen atoms in total. The molecule has 0 unspecified atom stereocenters. The van der Waals surface area contributed by atoms with Crippen LogP contribution in [-0.4, -0.2) is 40.7 Å². The van der Waals surface area contributed by atoms with Gasteiger partial charge in [0.15, 0.2) is 0 Å². The van der Waals surface area contributed by atoms with Crippen LogP contribution in [0.3, 0.4) is 0 Å². The van der Waals surface area contributed by atoms with E-state index in [-0.39, 0.29) is 42.1 Å². The first-order valence-corrected chi connectivity index (χ1v) is 10.3. The van der Waals surface area contributed by atoms with Crippen molar-refractivity contribution in [2.75, 3.05) is 5.32 Å². The quantitative estimate of drug-likeness (QED) is 0.806. The number of aryl methyl sites for hydroxylation is 1. The highest BCUT2D eigenvalue weighted by atomic mass is 35.5. The summed E-state index contributed by atoms with van der Waals surface area (Å²) in [4.78, 5) is 40.0. The maximum atomic E-state index is 12.9. The number of carbonyl (C=O) groups excluding carboxylic acids is 3. The predicted octanol–water partition coefficient (Wildman–Crippen LogP) is 3.27. The molecule has 1 heterocycles. The third-order valence-corrected chi connectivity index (χ3v) is 6.04. The molecule has 7 heteroatoms. The van der Waals surface area contributed by atoms with Crippen LogP contribution in [0.1, 0.15) is 51.5 Å². The number of nitrogens with zero attached hydrogens (tertiary/aromatic N) is 1. The zero-order valence-electron chi connectivity index (χ0n) is 16.6. The van der Waals surface area contributed by atoms with Crippen molar-refractivity contribution in [2.45, 2.75) is 71.0 Å². The first-order chi connectivity index (χ1) is 13.3. The van der Waals surface area contributed by atoms with Crippen LogP contribution in [0, 0.1) is 12.8 Å². The number of fused-ring (bicyclic) bond motifs is 1. The SMILES string of the molecule is Cc1ccc(NC(=O)C[C@@H]2C(=O)N[C@H]3CCCC[C@H]3N2C(=O)C(C)C)cc1Cl. The monoisotopic (exact) mass is 405 g/mol.